The minimum Gasteiger partial charge on any atom is -0.496 e. The Bertz CT molecular complexity index is 349. The van der Waals surface area contributed by atoms with Gasteiger partial charge in [-0.1, -0.05) is 28.8 Å². The van der Waals surface area contributed by atoms with Crippen molar-refractivity contribution >= 4 is 15.9 Å². The maximum atomic E-state index is 6.18. The summed E-state index contributed by atoms with van der Waals surface area (Å²) in [5.41, 5.74) is 7.29. The lowest BCUT2D eigenvalue weighted by atomic mass is 10.0. The van der Waals surface area contributed by atoms with E-state index in [4.69, 9.17) is 10.5 Å². The van der Waals surface area contributed by atoms with Gasteiger partial charge in [-0.2, -0.15) is 0 Å². The van der Waals surface area contributed by atoms with Gasteiger partial charge in [-0.15, -0.1) is 0 Å². The van der Waals surface area contributed by atoms with Gasteiger partial charge in [-0.25, -0.2) is 0 Å². The van der Waals surface area contributed by atoms with Crippen LogP contribution in [0, 0.1) is 5.92 Å². The molecule has 15 heavy (non-hydrogen) atoms. The molecule has 1 atom stereocenters. The Labute approximate surface area is 98.9 Å². The quantitative estimate of drug-likeness (QED) is 0.911. The van der Waals surface area contributed by atoms with E-state index < -0.39 is 0 Å². The molecular formula is C12H16BrNO. The lowest BCUT2D eigenvalue weighted by molar-refractivity contribution is 0.403. The van der Waals surface area contributed by atoms with Crippen molar-refractivity contribution in [3.05, 3.63) is 28.2 Å². The zero-order chi connectivity index (χ0) is 10.8. The number of halogens is 1. The first kappa shape index (κ1) is 11.0. The van der Waals surface area contributed by atoms with Crippen LogP contribution in [0.1, 0.15) is 30.9 Å². The number of methoxy groups -OCH3 is 1. The lowest BCUT2D eigenvalue weighted by Gasteiger charge is -2.15. The molecule has 0 radical (unpaired) electrons. The highest BCUT2D eigenvalue weighted by Gasteiger charge is 2.25. The Morgan fingerprint density at radius 3 is 2.87 bits per heavy atom. The summed E-state index contributed by atoms with van der Waals surface area (Å²) in [6.07, 6.45) is 3.75. The van der Waals surface area contributed by atoms with Gasteiger partial charge in [-0.05, 0) is 30.5 Å². The number of benzene rings is 1. The van der Waals surface area contributed by atoms with Crippen molar-refractivity contribution in [2.24, 2.45) is 11.7 Å². The van der Waals surface area contributed by atoms with Crippen LogP contribution < -0.4 is 10.5 Å². The predicted octanol–water partition coefficient (Wildman–Crippen LogP) is 3.26. The van der Waals surface area contributed by atoms with Crippen LogP contribution in [0.4, 0.5) is 0 Å². The summed E-state index contributed by atoms with van der Waals surface area (Å²) in [6, 6.07) is 6.11. The zero-order valence-electron chi connectivity index (χ0n) is 8.87. The molecule has 0 spiro atoms. The first-order valence-electron chi connectivity index (χ1n) is 5.29. The van der Waals surface area contributed by atoms with Crippen molar-refractivity contribution in [1.29, 1.82) is 0 Å². The summed E-state index contributed by atoms with van der Waals surface area (Å²) >= 11 is 3.46. The molecule has 1 fully saturated rings. The summed E-state index contributed by atoms with van der Waals surface area (Å²) in [4.78, 5) is 0. The first-order valence-corrected chi connectivity index (χ1v) is 6.09. The highest BCUT2D eigenvalue weighted by molar-refractivity contribution is 9.10. The zero-order valence-corrected chi connectivity index (χ0v) is 10.5. The highest BCUT2D eigenvalue weighted by atomic mass is 79.9. The van der Waals surface area contributed by atoms with E-state index in [1.165, 1.54) is 12.8 Å². The Kier molecular flexibility index (Phi) is 3.32. The third kappa shape index (κ3) is 2.73. The van der Waals surface area contributed by atoms with Crippen molar-refractivity contribution in [2.75, 3.05) is 7.11 Å². The van der Waals surface area contributed by atoms with E-state index in [1.54, 1.807) is 7.11 Å². The van der Waals surface area contributed by atoms with Crippen LogP contribution in [0.2, 0.25) is 0 Å². The fraction of sp³-hybridized carbons (Fsp3) is 0.500. The van der Waals surface area contributed by atoms with Gasteiger partial charge in [0.15, 0.2) is 0 Å². The molecule has 2 nitrogen and oxygen atoms in total. The van der Waals surface area contributed by atoms with Gasteiger partial charge in [0.2, 0.25) is 0 Å². The fourth-order valence-corrected chi connectivity index (χ4v) is 2.21. The van der Waals surface area contributed by atoms with Crippen molar-refractivity contribution in [3.8, 4) is 5.75 Å². The Morgan fingerprint density at radius 2 is 2.27 bits per heavy atom. The third-order valence-electron chi connectivity index (χ3n) is 2.88. The minimum atomic E-state index is 0.102. The summed E-state index contributed by atoms with van der Waals surface area (Å²) in [6.45, 7) is 0. The molecule has 3 heteroatoms. The van der Waals surface area contributed by atoms with Crippen molar-refractivity contribution in [1.82, 2.24) is 0 Å². The van der Waals surface area contributed by atoms with Crippen molar-refractivity contribution < 1.29 is 4.74 Å². The summed E-state index contributed by atoms with van der Waals surface area (Å²) in [7, 11) is 1.69. The summed E-state index contributed by atoms with van der Waals surface area (Å²) in [5.74, 6) is 1.73. The minimum absolute atomic E-state index is 0.102. The molecule has 1 aromatic carbocycles. The molecule has 1 aliphatic carbocycles. The average Bonchev–Trinajstić information content (AvgIpc) is 3.01. The van der Waals surface area contributed by atoms with Crippen LogP contribution >= 0.6 is 15.9 Å². The molecule has 0 aliphatic heterocycles. The number of nitrogens with two attached hydrogens (primary N) is 1. The molecule has 0 unspecified atom stereocenters. The fourth-order valence-electron chi connectivity index (χ4n) is 1.83. The van der Waals surface area contributed by atoms with E-state index in [2.05, 4.69) is 22.0 Å². The maximum Gasteiger partial charge on any atom is 0.123 e. The van der Waals surface area contributed by atoms with Gasteiger partial charge in [0.05, 0.1) is 7.11 Å². The van der Waals surface area contributed by atoms with Gasteiger partial charge < -0.3 is 10.5 Å². The highest BCUT2D eigenvalue weighted by Crippen LogP contribution is 2.39. The van der Waals surface area contributed by atoms with Gasteiger partial charge in [0.1, 0.15) is 5.75 Å². The van der Waals surface area contributed by atoms with Crippen molar-refractivity contribution in [3.63, 3.8) is 0 Å². The Morgan fingerprint density at radius 1 is 1.53 bits per heavy atom. The third-order valence-corrected chi connectivity index (χ3v) is 3.37. The summed E-state index contributed by atoms with van der Waals surface area (Å²) < 4.78 is 6.38. The monoisotopic (exact) mass is 269 g/mol. The van der Waals surface area contributed by atoms with Crippen LogP contribution in [0.15, 0.2) is 22.7 Å². The number of hydrogen-bond donors (Lipinski definition) is 1. The first-order chi connectivity index (χ1) is 7.20. The molecule has 2 N–H and O–H groups in total. The molecule has 0 heterocycles. The van der Waals surface area contributed by atoms with E-state index in [-0.39, 0.29) is 6.04 Å². The maximum absolute atomic E-state index is 6.18. The number of hydrogen-bond acceptors (Lipinski definition) is 2. The Hall–Kier alpha value is -0.540. The van der Waals surface area contributed by atoms with Crippen LogP contribution in [-0.2, 0) is 0 Å². The molecule has 0 amide bonds. The molecule has 0 bridgehead atoms. The van der Waals surface area contributed by atoms with Crippen molar-refractivity contribution in [2.45, 2.75) is 25.3 Å². The van der Waals surface area contributed by atoms with Gasteiger partial charge in [-0.3, -0.25) is 0 Å². The normalized spacial score (nSPS) is 17.5. The van der Waals surface area contributed by atoms with E-state index in [9.17, 15) is 0 Å². The molecule has 2 rings (SSSR count). The lowest BCUT2D eigenvalue weighted by Crippen LogP contribution is -2.12. The van der Waals surface area contributed by atoms with Gasteiger partial charge in [0, 0.05) is 16.1 Å². The predicted molar refractivity (Wildman–Crippen MR) is 65.0 cm³/mol. The van der Waals surface area contributed by atoms with Crippen LogP contribution in [0.25, 0.3) is 0 Å². The van der Waals surface area contributed by atoms with Crippen LogP contribution in [-0.4, -0.2) is 7.11 Å². The average molecular weight is 270 g/mol. The molecular weight excluding hydrogens is 254 g/mol. The second kappa shape index (κ2) is 4.54. The number of rotatable bonds is 4. The molecule has 0 saturated heterocycles. The van der Waals surface area contributed by atoms with E-state index in [0.29, 0.717) is 0 Å². The van der Waals surface area contributed by atoms with Crippen LogP contribution in [0.5, 0.6) is 5.75 Å². The molecule has 1 aromatic rings. The molecule has 82 valence electrons. The second-order valence-corrected chi connectivity index (χ2v) is 5.09. The largest absolute Gasteiger partial charge is 0.496 e. The van der Waals surface area contributed by atoms with Gasteiger partial charge >= 0.3 is 0 Å². The van der Waals surface area contributed by atoms with E-state index in [0.717, 1.165) is 28.1 Å². The van der Waals surface area contributed by atoms with Crippen LogP contribution in [0.3, 0.4) is 0 Å². The van der Waals surface area contributed by atoms with E-state index in [1.807, 2.05) is 12.1 Å². The molecule has 1 saturated carbocycles. The number of ether oxygens (including phenoxy) is 1. The smallest absolute Gasteiger partial charge is 0.123 e. The summed E-state index contributed by atoms with van der Waals surface area (Å²) in [5, 5.41) is 0. The Balaban J connectivity index is 2.18. The molecule has 0 aromatic heterocycles. The van der Waals surface area contributed by atoms with Gasteiger partial charge in [0.25, 0.3) is 0 Å². The standard InChI is InChI=1S/C12H16BrNO/c1-15-12-5-4-9(13)7-10(12)11(14)6-8-2-3-8/h4-5,7-8,11H,2-3,6,14H2,1H3/t11-/m0/s1. The topological polar surface area (TPSA) is 35.2 Å². The second-order valence-electron chi connectivity index (χ2n) is 4.17. The SMILES string of the molecule is COc1ccc(Br)cc1[C@@H](N)CC1CC1. The molecule has 1 aliphatic rings. The van der Waals surface area contributed by atoms with E-state index >= 15 is 0 Å².